The lowest BCUT2D eigenvalue weighted by atomic mass is 9.66. The molecule has 6 nitrogen and oxygen atoms in total. The predicted octanol–water partition coefficient (Wildman–Crippen LogP) is 7.18. The molecule has 1 saturated heterocycles. The smallest absolute Gasteiger partial charge is 0.251 e. The SMILES string of the molecule is CC1C(c2cc(Cn3ccn(C)c3=N)cc(C(=O)NCc3ccc(Cl)c(Cl)c3)c2)CCNC12CCCCCCCC2. The summed E-state index contributed by atoms with van der Waals surface area (Å²) < 4.78 is 3.71. The van der Waals surface area contributed by atoms with Crippen molar-refractivity contribution in [2.75, 3.05) is 6.54 Å². The third-order valence-corrected chi connectivity index (χ3v) is 10.2. The predicted molar refractivity (Wildman–Crippen MR) is 167 cm³/mol. The molecule has 41 heavy (non-hydrogen) atoms. The van der Waals surface area contributed by atoms with Crippen molar-refractivity contribution in [3.8, 4) is 0 Å². The summed E-state index contributed by atoms with van der Waals surface area (Å²) in [5, 5.41) is 16.5. The number of hydrogen-bond donors (Lipinski definition) is 3. The topological polar surface area (TPSA) is 74.8 Å². The second-order valence-electron chi connectivity index (χ2n) is 12.1. The molecule has 3 N–H and O–H groups in total. The van der Waals surface area contributed by atoms with Crippen molar-refractivity contribution in [3.63, 3.8) is 0 Å². The van der Waals surface area contributed by atoms with Gasteiger partial charge >= 0.3 is 0 Å². The van der Waals surface area contributed by atoms with Crippen LogP contribution >= 0.6 is 23.2 Å². The first-order valence-corrected chi connectivity index (χ1v) is 15.9. The van der Waals surface area contributed by atoms with Crippen LogP contribution in [0.3, 0.4) is 0 Å². The molecule has 1 aliphatic carbocycles. The molecule has 0 bridgehead atoms. The first-order chi connectivity index (χ1) is 19.8. The van der Waals surface area contributed by atoms with Crippen LogP contribution in [0, 0.1) is 11.3 Å². The molecule has 1 aliphatic heterocycles. The first-order valence-electron chi connectivity index (χ1n) is 15.1. The highest BCUT2D eigenvalue weighted by atomic mass is 35.5. The second kappa shape index (κ2) is 13.2. The van der Waals surface area contributed by atoms with Crippen LogP contribution < -0.4 is 16.3 Å². The first kappa shape index (κ1) is 29.9. The van der Waals surface area contributed by atoms with Gasteiger partial charge in [-0.3, -0.25) is 10.2 Å². The highest BCUT2D eigenvalue weighted by Crippen LogP contribution is 2.44. The van der Waals surface area contributed by atoms with E-state index in [2.05, 4.69) is 29.7 Å². The van der Waals surface area contributed by atoms with Gasteiger partial charge in [-0.1, -0.05) is 80.8 Å². The molecule has 2 aliphatic rings. The lowest BCUT2D eigenvalue weighted by molar-refractivity contribution is 0.0950. The van der Waals surface area contributed by atoms with Gasteiger partial charge in [0.05, 0.1) is 16.6 Å². The summed E-state index contributed by atoms with van der Waals surface area (Å²) in [6.45, 7) is 4.35. The quantitative estimate of drug-likeness (QED) is 0.282. The molecule has 1 aromatic heterocycles. The zero-order valence-corrected chi connectivity index (χ0v) is 25.8. The fourth-order valence-corrected chi connectivity index (χ4v) is 7.33. The molecule has 1 amide bonds. The van der Waals surface area contributed by atoms with E-state index in [-0.39, 0.29) is 11.4 Å². The van der Waals surface area contributed by atoms with Crippen LogP contribution in [0.1, 0.15) is 97.7 Å². The average Bonchev–Trinajstić information content (AvgIpc) is 3.33. The Hall–Kier alpha value is -2.54. The monoisotopic (exact) mass is 595 g/mol. The summed E-state index contributed by atoms with van der Waals surface area (Å²) in [6.07, 6.45) is 15.2. The molecule has 2 aromatic carbocycles. The molecule has 1 spiro atoms. The summed E-state index contributed by atoms with van der Waals surface area (Å²) in [6, 6.07) is 11.8. The third kappa shape index (κ3) is 6.93. The van der Waals surface area contributed by atoms with Crippen molar-refractivity contribution < 1.29 is 4.79 Å². The van der Waals surface area contributed by atoms with Gasteiger partial charge in [0.2, 0.25) is 5.62 Å². The summed E-state index contributed by atoms with van der Waals surface area (Å²) in [4.78, 5) is 13.5. The summed E-state index contributed by atoms with van der Waals surface area (Å²) >= 11 is 12.3. The van der Waals surface area contributed by atoms with Crippen molar-refractivity contribution >= 4 is 29.1 Å². The number of imidazole rings is 1. The molecular weight excluding hydrogens is 553 g/mol. The van der Waals surface area contributed by atoms with Crippen LogP contribution in [-0.4, -0.2) is 27.1 Å². The van der Waals surface area contributed by atoms with Crippen LogP contribution in [0.2, 0.25) is 10.0 Å². The van der Waals surface area contributed by atoms with E-state index in [0.29, 0.717) is 46.2 Å². The molecular formula is C33H43Cl2N5O. The molecule has 5 rings (SSSR count). The highest BCUT2D eigenvalue weighted by Gasteiger charge is 2.42. The fraction of sp³-hybridized carbons (Fsp3) is 0.515. The van der Waals surface area contributed by atoms with E-state index in [1.54, 1.807) is 16.7 Å². The summed E-state index contributed by atoms with van der Waals surface area (Å²) in [5.74, 6) is 0.727. The van der Waals surface area contributed by atoms with E-state index >= 15 is 0 Å². The van der Waals surface area contributed by atoms with Crippen LogP contribution in [0.15, 0.2) is 48.8 Å². The van der Waals surface area contributed by atoms with Crippen LogP contribution in [-0.2, 0) is 20.1 Å². The maximum atomic E-state index is 13.5. The van der Waals surface area contributed by atoms with E-state index in [1.807, 2.05) is 36.1 Å². The maximum Gasteiger partial charge on any atom is 0.251 e. The maximum absolute atomic E-state index is 13.5. The molecule has 3 aromatic rings. The van der Waals surface area contributed by atoms with Gasteiger partial charge in [0.15, 0.2) is 0 Å². The Morgan fingerprint density at radius 1 is 1.00 bits per heavy atom. The fourth-order valence-electron chi connectivity index (χ4n) is 7.01. The standard InChI is InChI=1S/C33H43Cl2N5O/c1-23-28(11-14-38-33(23)12-7-5-3-4-6-8-13-33)26-17-25(22-40-16-15-39(2)32(40)36)18-27(20-26)31(41)37-21-24-9-10-29(34)30(35)19-24/h9-10,15-20,23,28,36,38H,3-8,11-14,21-22H2,1-2H3,(H,37,41). The van der Waals surface area contributed by atoms with Crippen molar-refractivity contribution in [2.24, 2.45) is 13.0 Å². The average molecular weight is 597 g/mol. The number of aromatic nitrogens is 2. The van der Waals surface area contributed by atoms with Crippen LogP contribution in [0.4, 0.5) is 0 Å². The van der Waals surface area contributed by atoms with Gasteiger partial charge in [0.25, 0.3) is 5.91 Å². The van der Waals surface area contributed by atoms with Gasteiger partial charge in [-0.05, 0) is 78.6 Å². The van der Waals surface area contributed by atoms with Crippen molar-refractivity contribution in [1.82, 2.24) is 19.8 Å². The van der Waals surface area contributed by atoms with E-state index in [4.69, 9.17) is 28.6 Å². The number of nitrogens with zero attached hydrogens (tertiary/aromatic N) is 2. The van der Waals surface area contributed by atoms with Gasteiger partial charge in [-0.25, -0.2) is 0 Å². The summed E-state index contributed by atoms with van der Waals surface area (Å²) in [5.41, 5.74) is 4.43. The molecule has 2 heterocycles. The molecule has 2 fully saturated rings. The Bertz CT molecular complexity index is 1420. The van der Waals surface area contributed by atoms with E-state index < -0.39 is 0 Å². The van der Waals surface area contributed by atoms with Crippen molar-refractivity contribution in [2.45, 2.75) is 89.3 Å². The number of piperidine rings is 1. The molecule has 0 radical (unpaired) electrons. The third-order valence-electron chi connectivity index (χ3n) is 9.48. The number of halogens is 2. The number of amides is 1. The minimum atomic E-state index is -0.109. The Balaban J connectivity index is 1.45. The molecule has 220 valence electrons. The van der Waals surface area contributed by atoms with Crippen LogP contribution in [0.5, 0.6) is 0 Å². The normalized spacial score (nSPS) is 21.2. The number of benzene rings is 2. The second-order valence-corrected chi connectivity index (χ2v) is 13.0. The zero-order chi connectivity index (χ0) is 29.0. The zero-order valence-electron chi connectivity index (χ0n) is 24.3. The Morgan fingerprint density at radius 2 is 1.73 bits per heavy atom. The van der Waals surface area contributed by atoms with E-state index in [0.717, 1.165) is 24.1 Å². The number of rotatable bonds is 6. The van der Waals surface area contributed by atoms with Crippen molar-refractivity contribution in [1.29, 1.82) is 5.41 Å². The number of nitrogens with one attached hydrogen (secondary N) is 3. The Kier molecular flexibility index (Phi) is 9.63. The number of carbonyl (C=O) groups is 1. The van der Waals surface area contributed by atoms with Gasteiger partial charge in [0, 0.05) is 37.1 Å². The number of aryl methyl sites for hydroxylation is 1. The lowest BCUT2D eigenvalue weighted by Gasteiger charge is -2.48. The summed E-state index contributed by atoms with van der Waals surface area (Å²) in [7, 11) is 1.88. The van der Waals surface area contributed by atoms with Gasteiger partial charge in [-0.2, -0.15) is 0 Å². The highest BCUT2D eigenvalue weighted by molar-refractivity contribution is 6.42. The van der Waals surface area contributed by atoms with Gasteiger partial charge < -0.3 is 19.8 Å². The molecule has 1 saturated carbocycles. The minimum Gasteiger partial charge on any atom is -0.348 e. The van der Waals surface area contributed by atoms with Crippen molar-refractivity contribution in [3.05, 3.63) is 86.7 Å². The minimum absolute atomic E-state index is 0.109. The Labute approximate surface area is 254 Å². The Morgan fingerprint density at radius 3 is 2.41 bits per heavy atom. The lowest BCUT2D eigenvalue weighted by Crippen LogP contribution is -2.56. The van der Waals surface area contributed by atoms with Gasteiger partial charge in [0.1, 0.15) is 0 Å². The van der Waals surface area contributed by atoms with Gasteiger partial charge in [-0.15, -0.1) is 0 Å². The van der Waals surface area contributed by atoms with E-state index in [9.17, 15) is 4.79 Å². The largest absolute Gasteiger partial charge is 0.348 e. The van der Waals surface area contributed by atoms with Crippen LogP contribution in [0.25, 0.3) is 0 Å². The molecule has 2 unspecified atom stereocenters. The molecule has 8 heteroatoms. The number of hydrogen-bond acceptors (Lipinski definition) is 3. The molecule has 2 atom stereocenters. The number of carbonyl (C=O) groups excluding carboxylic acids is 1. The van der Waals surface area contributed by atoms with E-state index in [1.165, 1.54) is 56.9 Å².